The van der Waals surface area contributed by atoms with E-state index in [1.54, 1.807) is 18.7 Å². The maximum absolute atomic E-state index is 12.8. The quantitative estimate of drug-likeness (QED) is 0.315. The van der Waals surface area contributed by atoms with Gasteiger partial charge < -0.3 is 13.9 Å². The Morgan fingerprint density at radius 3 is 2.54 bits per heavy atom. The first-order valence-electron chi connectivity index (χ1n) is 12.0. The average molecular weight is 535 g/mol. The summed E-state index contributed by atoms with van der Waals surface area (Å²) in [5, 5.41) is 0. The van der Waals surface area contributed by atoms with Gasteiger partial charge in [-0.1, -0.05) is 12.1 Å². The summed E-state index contributed by atoms with van der Waals surface area (Å²) in [6.07, 6.45) is -4.84. The van der Waals surface area contributed by atoms with Crippen LogP contribution in [0.4, 0.5) is 13.2 Å². The molecular weight excluding hydrogens is 505 g/mol. The lowest BCUT2D eigenvalue weighted by Gasteiger charge is -2.33. The fourth-order valence-electron chi connectivity index (χ4n) is 4.16. The van der Waals surface area contributed by atoms with Crippen LogP contribution in [0.1, 0.15) is 42.5 Å². The van der Waals surface area contributed by atoms with Crippen LogP contribution in [0.15, 0.2) is 52.9 Å². The van der Waals surface area contributed by atoms with Crippen molar-refractivity contribution in [3.05, 3.63) is 71.1 Å². The number of hydrogen-bond acceptors (Lipinski definition) is 7. The summed E-state index contributed by atoms with van der Waals surface area (Å²) in [4.78, 5) is 19.0. The summed E-state index contributed by atoms with van der Waals surface area (Å²) in [5.41, 5.74) is 1.36. The van der Waals surface area contributed by atoms with E-state index in [-0.39, 0.29) is 17.9 Å². The van der Waals surface area contributed by atoms with Gasteiger partial charge >= 0.3 is 12.1 Å². The number of alkyl halides is 3. The van der Waals surface area contributed by atoms with Gasteiger partial charge in [-0.05, 0) is 62.7 Å². The molecule has 4 rings (SSSR count). The Balaban J connectivity index is 1.40. The van der Waals surface area contributed by atoms with E-state index < -0.39 is 17.8 Å². The second kappa shape index (κ2) is 11.6. The van der Waals surface area contributed by atoms with E-state index in [1.807, 2.05) is 38.1 Å². The lowest BCUT2D eigenvalue weighted by Crippen LogP contribution is -2.47. The van der Waals surface area contributed by atoms with Crippen molar-refractivity contribution in [2.24, 2.45) is 0 Å². The number of aromatic nitrogens is 1. The predicted octanol–water partition coefficient (Wildman–Crippen LogP) is 6.29. The number of rotatable bonds is 8. The highest BCUT2D eigenvalue weighted by molar-refractivity contribution is 7.99. The van der Waals surface area contributed by atoms with Crippen LogP contribution in [0.2, 0.25) is 0 Å². The van der Waals surface area contributed by atoms with Crippen molar-refractivity contribution in [1.29, 1.82) is 0 Å². The monoisotopic (exact) mass is 534 g/mol. The van der Waals surface area contributed by atoms with Gasteiger partial charge in [-0.25, -0.2) is 4.98 Å². The van der Waals surface area contributed by atoms with E-state index >= 15 is 0 Å². The van der Waals surface area contributed by atoms with Crippen LogP contribution >= 0.6 is 11.8 Å². The third-order valence-electron chi connectivity index (χ3n) is 6.10. The normalized spacial score (nSPS) is 17.4. The van der Waals surface area contributed by atoms with Crippen molar-refractivity contribution < 1.29 is 31.9 Å². The van der Waals surface area contributed by atoms with E-state index in [9.17, 15) is 18.0 Å². The first kappa shape index (κ1) is 27.1. The van der Waals surface area contributed by atoms with Crippen molar-refractivity contribution >= 4 is 17.7 Å². The summed E-state index contributed by atoms with van der Waals surface area (Å²) in [7, 11) is 0. The highest BCUT2D eigenvalue weighted by atomic mass is 32.2. The molecule has 0 aliphatic carbocycles. The van der Waals surface area contributed by atoms with Crippen LogP contribution in [0.25, 0.3) is 11.5 Å². The van der Waals surface area contributed by atoms with Crippen LogP contribution in [-0.4, -0.2) is 46.6 Å². The molecule has 1 aromatic heterocycles. The topological polar surface area (TPSA) is 64.8 Å². The summed E-state index contributed by atoms with van der Waals surface area (Å²) < 4.78 is 55.6. The Morgan fingerprint density at radius 2 is 1.89 bits per heavy atom. The second-order valence-electron chi connectivity index (χ2n) is 8.75. The van der Waals surface area contributed by atoms with Crippen LogP contribution in [-0.2, 0) is 22.3 Å². The number of aryl methyl sites for hydroxylation is 1. The first-order chi connectivity index (χ1) is 17.7. The number of benzene rings is 2. The standard InChI is InChI=1S/C27H29F3N2O4S/c1-4-34-26(33)23-16-37-14-13-32(23)15-19-5-11-22(12-6-19)35-17(2)24-18(3)36-25(31-24)20-7-9-21(10-8-20)27(28,29)30/h5-12,17,23H,4,13-16H2,1-3H3. The number of esters is 1. The predicted molar refractivity (Wildman–Crippen MR) is 135 cm³/mol. The molecule has 0 bridgehead atoms. The van der Waals surface area contributed by atoms with Crippen LogP contribution in [0, 0.1) is 6.92 Å². The lowest BCUT2D eigenvalue weighted by molar-refractivity contribution is -0.149. The summed E-state index contributed by atoms with van der Waals surface area (Å²) in [6, 6.07) is 12.1. The Bertz CT molecular complexity index is 1200. The van der Waals surface area contributed by atoms with Gasteiger partial charge in [0, 0.05) is 30.2 Å². The van der Waals surface area contributed by atoms with E-state index in [0.29, 0.717) is 35.9 Å². The van der Waals surface area contributed by atoms with Crippen molar-refractivity contribution in [2.75, 3.05) is 24.7 Å². The number of carbonyl (C=O) groups is 1. The molecule has 1 aliphatic heterocycles. The molecule has 0 saturated carbocycles. The zero-order valence-corrected chi connectivity index (χ0v) is 21.7. The minimum Gasteiger partial charge on any atom is -0.484 e. The van der Waals surface area contributed by atoms with Gasteiger partial charge in [-0.3, -0.25) is 9.69 Å². The van der Waals surface area contributed by atoms with E-state index in [4.69, 9.17) is 13.9 Å². The molecule has 1 fully saturated rings. The van der Waals surface area contributed by atoms with E-state index in [0.717, 1.165) is 35.7 Å². The van der Waals surface area contributed by atoms with Crippen molar-refractivity contribution in [2.45, 2.75) is 45.6 Å². The fraction of sp³-hybridized carbons (Fsp3) is 0.407. The number of halogens is 3. The average Bonchev–Trinajstić information content (AvgIpc) is 3.27. The summed E-state index contributed by atoms with van der Waals surface area (Å²) in [6.45, 7) is 7.22. The minimum atomic E-state index is -4.40. The summed E-state index contributed by atoms with van der Waals surface area (Å²) in [5.74, 6) is 2.94. The van der Waals surface area contributed by atoms with Gasteiger partial charge in [-0.15, -0.1) is 0 Å². The molecule has 10 heteroatoms. The molecule has 2 heterocycles. The Hall–Kier alpha value is -2.98. The molecule has 0 N–H and O–H groups in total. The van der Waals surface area contributed by atoms with Gasteiger partial charge in [-0.2, -0.15) is 24.9 Å². The molecule has 0 radical (unpaired) electrons. The van der Waals surface area contributed by atoms with Crippen LogP contribution in [0.3, 0.4) is 0 Å². The Morgan fingerprint density at radius 1 is 1.19 bits per heavy atom. The molecule has 1 aliphatic rings. The number of carbonyl (C=O) groups excluding carboxylic acids is 1. The van der Waals surface area contributed by atoms with Crippen molar-refractivity contribution in [3.63, 3.8) is 0 Å². The minimum absolute atomic E-state index is 0.179. The van der Waals surface area contributed by atoms with E-state index in [1.165, 1.54) is 12.1 Å². The molecule has 3 aromatic rings. The third-order valence-corrected chi connectivity index (χ3v) is 7.12. The zero-order chi connectivity index (χ0) is 26.6. The maximum atomic E-state index is 12.8. The molecule has 6 nitrogen and oxygen atoms in total. The summed E-state index contributed by atoms with van der Waals surface area (Å²) >= 11 is 1.76. The molecule has 1 saturated heterocycles. The second-order valence-corrected chi connectivity index (χ2v) is 9.90. The first-order valence-corrected chi connectivity index (χ1v) is 13.2. The SMILES string of the molecule is CCOC(=O)C1CSCCN1Cc1ccc(OC(C)c2nc(-c3ccc(C(F)(F)F)cc3)oc2C)cc1. The fourth-order valence-corrected chi connectivity index (χ4v) is 5.26. The molecule has 2 atom stereocenters. The third kappa shape index (κ3) is 6.67. The molecule has 2 aromatic carbocycles. The van der Waals surface area contributed by atoms with Gasteiger partial charge in [0.15, 0.2) is 0 Å². The Labute approximate surface area is 218 Å². The Kier molecular flexibility index (Phi) is 8.49. The number of ether oxygens (including phenoxy) is 2. The largest absolute Gasteiger partial charge is 0.484 e. The smallest absolute Gasteiger partial charge is 0.416 e. The molecule has 0 amide bonds. The zero-order valence-electron chi connectivity index (χ0n) is 20.9. The van der Waals surface area contributed by atoms with Crippen molar-refractivity contribution in [1.82, 2.24) is 9.88 Å². The van der Waals surface area contributed by atoms with Gasteiger partial charge in [0.05, 0.1) is 12.2 Å². The van der Waals surface area contributed by atoms with Crippen LogP contribution in [0.5, 0.6) is 5.75 Å². The highest BCUT2D eigenvalue weighted by Crippen LogP contribution is 2.32. The number of oxazole rings is 1. The van der Waals surface area contributed by atoms with E-state index in [2.05, 4.69) is 9.88 Å². The van der Waals surface area contributed by atoms with Crippen LogP contribution < -0.4 is 4.74 Å². The molecule has 0 spiro atoms. The molecular formula is C27H29F3N2O4S. The van der Waals surface area contributed by atoms with Gasteiger partial charge in [0.1, 0.15) is 29.3 Å². The van der Waals surface area contributed by atoms with Gasteiger partial charge in [0.2, 0.25) is 5.89 Å². The molecule has 198 valence electrons. The lowest BCUT2D eigenvalue weighted by atomic mass is 10.1. The molecule has 2 unspecified atom stereocenters. The number of nitrogens with zero attached hydrogens (tertiary/aromatic N) is 2. The molecule has 37 heavy (non-hydrogen) atoms. The van der Waals surface area contributed by atoms with Gasteiger partial charge in [0.25, 0.3) is 0 Å². The van der Waals surface area contributed by atoms with Crippen molar-refractivity contribution in [3.8, 4) is 17.2 Å². The highest BCUT2D eigenvalue weighted by Gasteiger charge is 2.31. The number of thioether (sulfide) groups is 1. The number of hydrogen-bond donors (Lipinski definition) is 0. The maximum Gasteiger partial charge on any atom is 0.416 e.